The summed E-state index contributed by atoms with van der Waals surface area (Å²) in [5.74, 6) is 0.193. The highest BCUT2D eigenvalue weighted by Gasteiger charge is 2.16. The molecule has 0 saturated heterocycles. The first-order valence-corrected chi connectivity index (χ1v) is 5.86. The number of hydrogen-bond acceptors (Lipinski definition) is 1. The van der Waals surface area contributed by atoms with Crippen LogP contribution in [0.25, 0.3) is 0 Å². The molecule has 2 aromatic carbocycles. The van der Waals surface area contributed by atoms with Gasteiger partial charge in [-0.05, 0) is 24.5 Å². The van der Waals surface area contributed by atoms with Gasteiger partial charge in [-0.2, -0.15) is 0 Å². The highest BCUT2D eigenvalue weighted by atomic mass is 16.1. The highest BCUT2D eigenvalue weighted by Crippen LogP contribution is 2.21. The predicted molar refractivity (Wildman–Crippen MR) is 70.0 cm³/mol. The lowest BCUT2D eigenvalue weighted by molar-refractivity contribution is -0.118. The van der Waals surface area contributed by atoms with Crippen LogP contribution in [0.15, 0.2) is 60.7 Å². The van der Waals surface area contributed by atoms with Crippen LogP contribution < -0.4 is 0 Å². The third-order valence-electron chi connectivity index (χ3n) is 2.98. The average molecular weight is 224 g/mol. The molecule has 0 amide bonds. The molecule has 0 bridgehead atoms. The van der Waals surface area contributed by atoms with Crippen molar-refractivity contribution in [1.29, 1.82) is 0 Å². The van der Waals surface area contributed by atoms with E-state index < -0.39 is 0 Å². The van der Waals surface area contributed by atoms with Gasteiger partial charge in [0.25, 0.3) is 0 Å². The van der Waals surface area contributed by atoms with E-state index in [1.807, 2.05) is 48.5 Å². The van der Waals surface area contributed by atoms with Gasteiger partial charge in [0.2, 0.25) is 0 Å². The smallest absolute Gasteiger partial charge is 0.137 e. The van der Waals surface area contributed by atoms with E-state index in [1.165, 1.54) is 5.56 Å². The van der Waals surface area contributed by atoms with Crippen molar-refractivity contribution in [2.45, 2.75) is 19.3 Å². The van der Waals surface area contributed by atoms with Crippen molar-refractivity contribution in [1.82, 2.24) is 0 Å². The zero-order chi connectivity index (χ0) is 12.1. The van der Waals surface area contributed by atoms with Gasteiger partial charge in [0, 0.05) is 5.92 Å². The van der Waals surface area contributed by atoms with Gasteiger partial charge in [-0.3, -0.25) is 4.79 Å². The molecule has 2 aromatic rings. The van der Waals surface area contributed by atoms with Crippen molar-refractivity contribution < 1.29 is 4.79 Å². The van der Waals surface area contributed by atoms with Crippen LogP contribution in [-0.2, 0) is 11.2 Å². The second-order valence-electron chi connectivity index (χ2n) is 4.26. The first-order chi connectivity index (χ1) is 8.27. The summed E-state index contributed by atoms with van der Waals surface area (Å²) in [4.78, 5) is 11.7. The Balaban J connectivity index is 2.23. The molecule has 0 aliphatic heterocycles. The van der Waals surface area contributed by atoms with Crippen molar-refractivity contribution in [3.05, 3.63) is 71.8 Å². The summed E-state index contributed by atoms with van der Waals surface area (Å²) < 4.78 is 0. The fourth-order valence-electron chi connectivity index (χ4n) is 2.03. The lowest BCUT2D eigenvalue weighted by Gasteiger charge is -2.14. The van der Waals surface area contributed by atoms with Crippen LogP contribution in [0.2, 0.25) is 0 Å². The van der Waals surface area contributed by atoms with Gasteiger partial charge < -0.3 is 0 Å². The summed E-state index contributed by atoms with van der Waals surface area (Å²) in [6, 6.07) is 20.1. The predicted octanol–water partition coefficient (Wildman–Crippen LogP) is 3.60. The molecule has 0 aliphatic carbocycles. The van der Waals surface area contributed by atoms with Crippen LogP contribution in [0.5, 0.6) is 0 Å². The summed E-state index contributed by atoms with van der Waals surface area (Å²) in [7, 11) is 0. The first kappa shape index (κ1) is 11.6. The average Bonchev–Trinajstić information content (AvgIpc) is 2.38. The Hall–Kier alpha value is -1.89. The number of hydrogen-bond donors (Lipinski definition) is 0. The van der Waals surface area contributed by atoms with E-state index in [1.54, 1.807) is 6.92 Å². The largest absolute Gasteiger partial charge is 0.299 e. The Morgan fingerprint density at radius 1 is 0.941 bits per heavy atom. The number of Topliss-reactive ketones (excluding diaryl/α,β-unsaturated/α-hetero) is 1. The highest BCUT2D eigenvalue weighted by molar-refractivity contribution is 5.83. The summed E-state index contributed by atoms with van der Waals surface area (Å²) in [6.07, 6.45) is 0.778. The Labute approximate surface area is 102 Å². The van der Waals surface area contributed by atoms with Crippen molar-refractivity contribution in [3.63, 3.8) is 0 Å². The Morgan fingerprint density at radius 3 is 2.00 bits per heavy atom. The first-order valence-electron chi connectivity index (χ1n) is 5.86. The molecular weight excluding hydrogens is 208 g/mol. The van der Waals surface area contributed by atoms with E-state index in [9.17, 15) is 4.79 Å². The molecule has 2 rings (SSSR count). The quantitative estimate of drug-likeness (QED) is 0.775. The van der Waals surface area contributed by atoms with E-state index in [-0.39, 0.29) is 11.7 Å². The lowest BCUT2D eigenvalue weighted by Crippen LogP contribution is -2.11. The minimum atomic E-state index is -0.0291. The van der Waals surface area contributed by atoms with Crippen molar-refractivity contribution >= 4 is 5.78 Å². The summed E-state index contributed by atoms with van der Waals surface area (Å²) >= 11 is 0. The molecule has 0 N–H and O–H groups in total. The lowest BCUT2D eigenvalue weighted by atomic mass is 9.89. The molecule has 0 spiro atoms. The van der Waals surface area contributed by atoms with Gasteiger partial charge in [-0.1, -0.05) is 60.7 Å². The number of benzene rings is 2. The molecule has 0 aromatic heterocycles. The SMILES string of the molecule is CC(=O)C(Cc1ccccc1)c1ccccc1. The van der Waals surface area contributed by atoms with Gasteiger partial charge in [-0.25, -0.2) is 0 Å². The van der Waals surface area contributed by atoms with Gasteiger partial charge in [0.05, 0.1) is 0 Å². The standard InChI is InChI=1S/C16H16O/c1-13(17)16(15-10-6-3-7-11-15)12-14-8-4-2-5-9-14/h2-11,16H,12H2,1H3. The summed E-state index contributed by atoms with van der Waals surface area (Å²) in [5.41, 5.74) is 2.31. The Morgan fingerprint density at radius 2 is 1.47 bits per heavy atom. The van der Waals surface area contributed by atoms with Gasteiger partial charge in [0.15, 0.2) is 0 Å². The zero-order valence-electron chi connectivity index (χ0n) is 9.97. The second kappa shape index (κ2) is 5.44. The van der Waals surface area contributed by atoms with Crippen molar-refractivity contribution in [2.75, 3.05) is 0 Å². The molecule has 1 unspecified atom stereocenters. The van der Waals surface area contributed by atoms with E-state index in [2.05, 4.69) is 12.1 Å². The molecule has 0 aliphatic rings. The molecule has 0 heterocycles. The normalized spacial score (nSPS) is 12.1. The Bertz CT molecular complexity index is 473. The molecule has 1 atom stereocenters. The summed E-state index contributed by atoms with van der Waals surface area (Å²) in [5, 5.41) is 0. The molecule has 17 heavy (non-hydrogen) atoms. The maximum Gasteiger partial charge on any atom is 0.137 e. The molecule has 0 saturated carbocycles. The van der Waals surface area contributed by atoms with Crippen LogP contribution in [0, 0.1) is 0 Å². The van der Waals surface area contributed by atoms with Crippen LogP contribution in [0.3, 0.4) is 0 Å². The summed E-state index contributed by atoms with van der Waals surface area (Å²) in [6.45, 7) is 1.67. The molecule has 1 heteroatoms. The van der Waals surface area contributed by atoms with Gasteiger partial charge in [0.1, 0.15) is 5.78 Å². The molecular formula is C16H16O. The monoisotopic (exact) mass is 224 g/mol. The number of carbonyl (C=O) groups is 1. The number of ketones is 1. The number of carbonyl (C=O) groups excluding carboxylic acids is 1. The topological polar surface area (TPSA) is 17.1 Å². The van der Waals surface area contributed by atoms with Crippen LogP contribution in [0.4, 0.5) is 0 Å². The second-order valence-corrected chi connectivity index (χ2v) is 4.26. The van der Waals surface area contributed by atoms with E-state index >= 15 is 0 Å². The number of rotatable bonds is 4. The van der Waals surface area contributed by atoms with E-state index in [0.29, 0.717) is 0 Å². The molecule has 86 valence electrons. The van der Waals surface area contributed by atoms with Crippen LogP contribution >= 0.6 is 0 Å². The van der Waals surface area contributed by atoms with Crippen LogP contribution in [0.1, 0.15) is 24.0 Å². The molecule has 1 nitrogen and oxygen atoms in total. The zero-order valence-corrected chi connectivity index (χ0v) is 9.97. The van der Waals surface area contributed by atoms with E-state index in [0.717, 1.165) is 12.0 Å². The van der Waals surface area contributed by atoms with Crippen molar-refractivity contribution in [2.24, 2.45) is 0 Å². The third kappa shape index (κ3) is 3.04. The molecule has 0 fully saturated rings. The molecule has 0 radical (unpaired) electrons. The van der Waals surface area contributed by atoms with Gasteiger partial charge in [-0.15, -0.1) is 0 Å². The Kier molecular flexibility index (Phi) is 3.71. The fraction of sp³-hybridized carbons (Fsp3) is 0.188. The minimum absolute atomic E-state index is 0.0291. The fourth-order valence-corrected chi connectivity index (χ4v) is 2.03. The maximum absolute atomic E-state index is 11.7. The van der Waals surface area contributed by atoms with E-state index in [4.69, 9.17) is 0 Å². The van der Waals surface area contributed by atoms with Crippen LogP contribution in [-0.4, -0.2) is 5.78 Å². The van der Waals surface area contributed by atoms with Crippen molar-refractivity contribution in [3.8, 4) is 0 Å². The van der Waals surface area contributed by atoms with Gasteiger partial charge >= 0.3 is 0 Å². The third-order valence-corrected chi connectivity index (χ3v) is 2.98. The maximum atomic E-state index is 11.7. The minimum Gasteiger partial charge on any atom is -0.299 e.